The number of rotatable bonds is 5. The van der Waals surface area contributed by atoms with Crippen LogP contribution in [0.1, 0.15) is 12.5 Å². The number of nitrogens with zero attached hydrogens (tertiary/aromatic N) is 3. The molecule has 25 heavy (non-hydrogen) atoms. The smallest absolute Gasteiger partial charge is 0.191 e. The van der Waals surface area contributed by atoms with E-state index in [1.165, 1.54) is 17.8 Å². The van der Waals surface area contributed by atoms with E-state index < -0.39 is 0 Å². The predicted octanol–water partition coefficient (Wildman–Crippen LogP) is 4.88. The summed E-state index contributed by atoms with van der Waals surface area (Å²) in [7, 11) is 0. The van der Waals surface area contributed by atoms with Gasteiger partial charge in [-0.1, -0.05) is 48.2 Å². The summed E-state index contributed by atoms with van der Waals surface area (Å²) in [6.07, 6.45) is 1.96. The highest BCUT2D eigenvalue weighted by Gasteiger charge is 2.16. The molecular weight excluding hydrogens is 335 g/mol. The van der Waals surface area contributed by atoms with E-state index in [2.05, 4.69) is 32.7 Å². The van der Waals surface area contributed by atoms with Crippen molar-refractivity contribution < 1.29 is 4.39 Å². The van der Waals surface area contributed by atoms with Crippen LogP contribution in [-0.2, 0) is 12.3 Å². The molecule has 0 aliphatic rings. The molecule has 0 aliphatic carbocycles. The Kier molecular flexibility index (Phi) is 4.28. The second kappa shape index (κ2) is 6.72. The Labute approximate surface area is 149 Å². The van der Waals surface area contributed by atoms with Crippen molar-refractivity contribution in [1.29, 1.82) is 0 Å². The average Bonchev–Trinajstić information content (AvgIpc) is 3.24. The summed E-state index contributed by atoms with van der Waals surface area (Å²) in [5.41, 5.74) is 2.78. The molecule has 1 N–H and O–H groups in total. The molecule has 6 heteroatoms. The number of para-hydroxylation sites is 1. The molecule has 4 rings (SSSR count). The fourth-order valence-electron chi connectivity index (χ4n) is 2.89. The number of H-pyrrole nitrogens is 1. The first-order valence-corrected chi connectivity index (χ1v) is 9.12. The van der Waals surface area contributed by atoms with E-state index in [4.69, 9.17) is 0 Å². The lowest BCUT2D eigenvalue weighted by molar-refractivity contribution is 0.617. The first-order chi connectivity index (χ1) is 12.3. The molecule has 4 aromatic rings. The molecule has 0 fully saturated rings. The molecule has 0 radical (unpaired) electrons. The second-order valence-corrected chi connectivity index (χ2v) is 6.62. The van der Waals surface area contributed by atoms with E-state index in [1.54, 1.807) is 12.1 Å². The van der Waals surface area contributed by atoms with E-state index in [0.29, 0.717) is 11.3 Å². The van der Waals surface area contributed by atoms with Gasteiger partial charge in [0.1, 0.15) is 5.82 Å². The number of benzene rings is 2. The van der Waals surface area contributed by atoms with Crippen molar-refractivity contribution in [3.8, 4) is 11.4 Å². The van der Waals surface area contributed by atoms with Crippen LogP contribution >= 0.6 is 11.8 Å². The Hall–Kier alpha value is -2.60. The van der Waals surface area contributed by atoms with Gasteiger partial charge in [-0.15, -0.1) is 10.2 Å². The summed E-state index contributed by atoms with van der Waals surface area (Å²) in [5.74, 6) is 1.17. The third-order valence-corrected chi connectivity index (χ3v) is 5.19. The number of fused-ring (bicyclic) bond motifs is 1. The predicted molar refractivity (Wildman–Crippen MR) is 98.9 cm³/mol. The lowest BCUT2D eigenvalue weighted by Crippen LogP contribution is -2.00. The zero-order valence-electron chi connectivity index (χ0n) is 13.7. The van der Waals surface area contributed by atoms with Crippen LogP contribution in [-0.4, -0.2) is 19.7 Å². The maximum atomic E-state index is 13.8. The summed E-state index contributed by atoms with van der Waals surface area (Å²) >= 11 is 1.50. The molecule has 0 bridgehead atoms. The van der Waals surface area contributed by atoms with Crippen LogP contribution in [0.4, 0.5) is 4.39 Å². The molecular formula is C19H17FN4S. The van der Waals surface area contributed by atoms with Gasteiger partial charge in [-0.3, -0.25) is 0 Å². The van der Waals surface area contributed by atoms with Crippen LogP contribution in [0.2, 0.25) is 0 Å². The van der Waals surface area contributed by atoms with Crippen LogP contribution in [0.5, 0.6) is 0 Å². The highest BCUT2D eigenvalue weighted by Crippen LogP contribution is 2.31. The molecule has 4 nitrogen and oxygen atoms in total. The molecule has 0 amide bonds. The van der Waals surface area contributed by atoms with E-state index in [0.717, 1.165) is 34.0 Å². The second-order valence-electron chi connectivity index (χ2n) is 5.68. The van der Waals surface area contributed by atoms with Gasteiger partial charge >= 0.3 is 0 Å². The Morgan fingerprint density at radius 3 is 2.72 bits per heavy atom. The molecule has 2 aromatic heterocycles. The minimum Gasteiger partial charge on any atom is -0.360 e. The Balaban J connectivity index is 1.66. The van der Waals surface area contributed by atoms with E-state index in [1.807, 2.05) is 30.5 Å². The minimum atomic E-state index is -0.186. The van der Waals surface area contributed by atoms with Gasteiger partial charge in [0.15, 0.2) is 11.0 Å². The van der Waals surface area contributed by atoms with Gasteiger partial charge in [-0.05, 0) is 24.6 Å². The van der Waals surface area contributed by atoms with E-state index in [-0.39, 0.29) is 5.82 Å². The summed E-state index contributed by atoms with van der Waals surface area (Å²) in [6, 6.07) is 15.0. The molecule has 126 valence electrons. The number of hydrogen-bond acceptors (Lipinski definition) is 3. The molecule has 0 saturated heterocycles. The Morgan fingerprint density at radius 1 is 1.08 bits per heavy atom. The van der Waals surface area contributed by atoms with Crippen LogP contribution in [0, 0.1) is 5.82 Å². The van der Waals surface area contributed by atoms with Crippen molar-refractivity contribution in [3.63, 3.8) is 0 Å². The van der Waals surface area contributed by atoms with Crippen molar-refractivity contribution in [3.05, 3.63) is 66.1 Å². The van der Waals surface area contributed by atoms with Gasteiger partial charge in [-0.25, -0.2) is 4.39 Å². The summed E-state index contributed by atoms with van der Waals surface area (Å²) in [6.45, 7) is 2.82. The fraction of sp³-hybridized carbons (Fsp3) is 0.158. The largest absolute Gasteiger partial charge is 0.360 e. The SMILES string of the molecule is CCn1c(SCc2ccccc2F)nnc1-c1c[nH]c2ccccc12. The number of halogens is 1. The Morgan fingerprint density at radius 2 is 1.88 bits per heavy atom. The van der Waals surface area contributed by atoms with Crippen LogP contribution in [0.25, 0.3) is 22.3 Å². The number of thioether (sulfide) groups is 1. The highest BCUT2D eigenvalue weighted by molar-refractivity contribution is 7.98. The summed E-state index contributed by atoms with van der Waals surface area (Å²) in [4.78, 5) is 3.28. The molecule has 0 saturated carbocycles. The van der Waals surface area contributed by atoms with Crippen LogP contribution in [0.15, 0.2) is 59.9 Å². The van der Waals surface area contributed by atoms with Crippen LogP contribution < -0.4 is 0 Å². The molecule has 2 aromatic carbocycles. The van der Waals surface area contributed by atoms with Gasteiger partial charge in [0.2, 0.25) is 0 Å². The molecule has 0 unspecified atom stereocenters. The van der Waals surface area contributed by atoms with Crippen LogP contribution in [0.3, 0.4) is 0 Å². The lowest BCUT2D eigenvalue weighted by atomic mass is 10.1. The number of aromatic amines is 1. The number of hydrogen-bond donors (Lipinski definition) is 1. The highest BCUT2D eigenvalue weighted by atomic mass is 32.2. The average molecular weight is 352 g/mol. The van der Waals surface area contributed by atoms with Crippen molar-refractivity contribution in [2.75, 3.05) is 0 Å². The summed E-state index contributed by atoms with van der Waals surface area (Å²) < 4.78 is 15.9. The first kappa shape index (κ1) is 15.9. The number of aromatic nitrogens is 4. The molecule has 2 heterocycles. The van der Waals surface area contributed by atoms with E-state index >= 15 is 0 Å². The quantitative estimate of drug-likeness (QED) is 0.521. The van der Waals surface area contributed by atoms with Crippen molar-refractivity contribution in [2.24, 2.45) is 0 Å². The first-order valence-electron chi connectivity index (χ1n) is 8.14. The Bertz CT molecular complexity index is 1020. The third kappa shape index (κ3) is 2.93. The monoisotopic (exact) mass is 352 g/mol. The van der Waals surface area contributed by atoms with E-state index in [9.17, 15) is 4.39 Å². The zero-order valence-corrected chi connectivity index (χ0v) is 14.6. The van der Waals surface area contributed by atoms with Crippen molar-refractivity contribution in [2.45, 2.75) is 24.4 Å². The van der Waals surface area contributed by atoms with Crippen molar-refractivity contribution in [1.82, 2.24) is 19.7 Å². The van der Waals surface area contributed by atoms with Gasteiger partial charge in [0.25, 0.3) is 0 Å². The topological polar surface area (TPSA) is 46.5 Å². The normalized spacial score (nSPS) is 11.3. The van der Waals surface area contributed by atoms with Gasteiger partial charge in [0, 0.05) is 35.0 Å². The molecule has 0 atom stereocenters. The maximum absolute atomic E-state index is 13.8. The van der Waals surface area contributed by atoms with Crippen molar-refractivity contribution >= 4 is 22.7 Å². The third-order valence-electron chi connectivity index (χ3n) is 4.18. The maximum Gasteiger partial charge on any atom is 0.191 e. The molecule has 0 aliphatic heterocycles. The number of nitrogens with one attached hydrogen (secondary N) is 1. The lowest BCUT2D eigenvalue weighted by Gasteiger charge is -2.07. The molecule has 0 spiro atoms. The standard InChI is InChI=1S/C19H17FN4S/c1-2-24-18(15-11-21-17-10-6-4-8-14(15)17)22-23-19(24)25-12-13-7-3-5-9-16(13)20/h3-11,21H,2,12H2,1H3. The summed E-state index contributed by atoms with van der Waals surface area (Å²) in [5, 5.41) is 10.6. The van der Waals surface area contributed by atoms with Gasteiger partial charge in [0.05, 0.1) is 0 Å². The fourth-order valence-corrected chi connectivity index (χ4v) is 3.88. The zero-order chi connectivity index (χ0) is 17.2. The minimum absolute atomic E-state index is 0.186. The van der Waals surface area contributed by atoms with Gasteiger partial charge < -0.3 is 9.55 Å². The van der Waals surface area contributed by atoms with Gasteiger partial charge in [-0.2, -0.15) is 0 Å².